The van der Waals surface area contributed by atoms with Crippen molar-refractivity contribution in [2.45, 2.75) is 38.2 Å². The summed E-state index contributed by atoms with van der Waals surface area (Å²) in [5.74, 6) is 0. The van der Waals surface area contributed by atoms with Gasteiger partial charge in [-0.15, -0.1) is 0 Å². The number of nitrogens with zero attached hydrogens (tertiary/aromatic N) is 1. The van der Waals surface area contributed by atoms with E-state index in [0.717, 1.165) is 45.1 Å². The molecule has 2 rings (SSSR count). The molecule has 2 aliphatic rings. The second kappa shape index (κ2) is 5.04. The normalized spacial score (nSPS) is 34.5. The van der Waals surface area contributed by atoms with Crippen molar-refractivity contribution in [3.63, 3.8) is 0 Å². The largest absolute Gasteiger partial charge is 0.389 e. The molecule has 0 radical (unpaired) electrons. The van der Waals surface area contributed by atoms with Gasteiger partial charge < -0.3 is 14.6 Å². The maximum absolute atomic E-state index is 11.4. The second-order valence-corrected chi connectivity index (χ2v) is 5.90. The number of rotatable bonds is 3. The van der Waals surface area contributed by atoms with Crippen LogP contribution in [0, 0.1) is 5.41 Å². The predicted octanol–water partition coefficient (Wildman–Crippen LogP) is 0.829. The van der Waals surface area contributed by atoms with E-state index in [1.807, 2.05) is 6.92 Å². The van der Waals surface area contributed by atoms with Gasteiger partial charge in [0.15, 0.2) is 0 Å². The molecule has 0 aromatic rings. The van der Waals surface area contributed by atoms with Crippen molar-refractivity contribution in [3.05, 3.63) is 0 Å². The molecule has 17 heavy (non-hydrogen) atoms. The molecule has 0 saturated carbocycles. The molecule has 0 bridgehead atoms. The topological polar surface area (TPSA) is 49.8 Å². The van der Waals surface area contributed by atoms with E-state index in [0.29, 0.717) is 19.8 Å². The van der Waals surface area contributed by atoms with E-state index in [2.05, 4.69) is 4.90 Å². The van der Waals surface area contributed by atoms with Gasteiger partial charge in [0.25, 0.3) is 0 Å². The minimum atomic E-state index is -0.590. The Balaban J connectivity index is 1.96. The van der Waals surface area contributed by atoms with Crippen molar-refractivity contribution < 1.29 is 14.6 Å². The molecule has 0 aliphatic carbocycles. The molecule has 2 aliphatic heterocycles. The van der Waals surface area contributed by atoms with Gasteiger partial charge in [-0.05, 0) is 39.2 Å². The smallest absolute Gasteiger partial charge is 0.127 e. The van der Waals surface area contributed by atoms with Crippen molar-refractivity contribution in [3.8, 4) is 0 Å². The Hall–Kier alpha value is -0.450. The highest BCUT2D eigenvalue weighted by Crippen LogP contribution is 2.31. The molecule has 1 unspecified atom stereocenters. The Morgan fingerprint density at radius 2 is 2.06 bits per heavy atom. The summed E-state index contributed by atoms with van der Waals surface area (Å²) in [6.45, 7) is 5.70. The molecule has 2 saturated heterocycles. The van der Waals surface area contributed by atoms with Gasteiger partial charge in [-0.1, -0.05) is 0 Å². The van der Waals surface area contributed by atoms with Gasteiger partial charge in [0, 0.05) is 31.7 Å². The maximum Gasteiger partial charge on any atom is 0.127 e. The lowest BCUT2D eigenvalue weighted by Crippen LogP contribution is -2.51. The monoisotopic (exact) mass is 241 g/mol. The van der Waals surface area contributed by atoms with Crippen molar-refractivity contribution >= 4 is 6.29 Å². The summed E-state index contributed by atoms with van der Waals surface area (Å²) in [7, 11) is 0. The number of β-amino-alcohol motifs (C(OH)–C–C–N with tert-alkyl or cyclic N) is 1. The number of aliphatic hydroxyl groups is 1. The maximum atomic E-state index is 11.4. The van der Waals surface area contributed by atoms with Gasteiger partial charge >= 0.3 is 0 Å². The van der Waals surface area contributed by atoms with E-state index in [9.17, 15) is 9.90 Å². The van der Waals surface area contributed by atoms with Crippen molar-refractivity contribution in [1.82, 2.24) is 4.90 Å². The number of piperidine rings is 1. The van der Waals surface area contributed by atoms with Gasteiger partial charge in [0.05, 0.1) is 5.60 Å². The summed E-state index contributed by atoms with van der Waals surface area (Å²) in [5, 5.41) is 10.1. The minimum absolute atomic E-state index is 0.244. The molecular weight excluding hydrogens is 218 g/mol. The highest BCUT2D eigenvalue weighted by atomic mass is 16.5. The SMILES string of the molecule is CC1(O)CCCN(CC2(C=O)CCOCC2)C1. The highest BCUT2D eigenvalue weighted by Gasteiger charge is 2.37. The summed E-state index contributed by atoms with van der Waals surface area (Å²) < 4.78 is 5.33. The Kier molecular flexibility index (Phi) is 3.85. The lowest BCUT2D eigenvalue weighted by atomic mass is 9.80. The molecule has 98 valence electrons. The third kappa shape index (κ3) is 3.27. The van der Waals surface area contributed by atoms with Gasteiger partial charge in [0.1, 0.15) is 6.29 Å². The molecule has 4 nitrogen and oxygen atoms in total. The molecular formula is C13H23NO3. The molecule has 4 heteroatoms. The first kappa shape index (κ1) is 13.0. The quantitative estimate of drug-likeness (QED) is 0.744. The molecule has 0 aromatic carbocycles. The third-order valence-electron chi connectivity index (χ3n) is 4.03. The van der Waals surface area contributed by atoms with Crippen LogP contribution in [0.1, 0.15) is 32.6 Å². The van der Waals surface area contributed by atoms with Crippen LogP contribution in [-0.2, 0) is 9.53 Å². The molecule has 0 aromatic heterocycles. The second-order valence-electron chi connectivity index (χ2n) is 5.90. The van der Waals surface area contributed by atoms with Crippen LogP contribution in [0.3, 0.4) is 0 Å². The molecule has 0 amide bonds. The lowest BCUT2D eigenvalue weighted by Gasteiger charge is -2.42. The summed E-state index contributed by atoms with van der Waals surface area (Å²) in [6.07, 6.45) is 4.61. The first-order chi connectivity index (χ1) is 8.05. The molecule has 0 spiro atoms. The number of hydrogen-bond acceptors (Lipinski definition) is 4. The van der Waals surface area contributed by atoms with Crippen LogP contribution in [0.15, 0.2) is 0 Å². The summed E-state index contributed by atoms with van der Waals surface area (Å²) >= 11 is 0. The van der Waals surface area contributed by atoms with Crippen LogP contribution in [0.4, 0.5) is 0 Å². The average molecular weight is 241 g/mol. The highest BCUT2D eigenvalue weighted by molar-refractivity contribution is 5.60. The van der Waals surface area contributed by atoms with Crippen LogP contribution >= 0.6 is 0 Å². The van der Waals surface area contributed by atoms with E-state index < -0.39 is 5.60 Å². The Morgan fingerprint density at radius 1 is 1.35 bits per heavy atom. The summed E-state index contributed by atoms with van der Waals surface area (Å²) in [4.78, 5) is 13.6. The fraction of sp³-hybridized carbons (Fsp3) is 0.923. The van der Waals surface area contributed by atoms with Crippen LogP contribution in [0.5, 0.6) is 0 Å². The first-order valence-corrected chi connectivity index (χ1v) is 6.54. The van der Waals surface area contributed by atoms with E-state index in [4.69, 9.17) is 4.74 Å². The zero-order chi connectivity index (χ0) is 12.4. The number of likely N-dealkylation sites (tertiary alicyclic amines) is 1. The summed E-state index contributed by atoms with van der Waals surface area (Å²) in [6, 6.07) is 0. The minimum Gasteiger partial charge on any atom is -0.389 e. The van der Waals surface area contributed by atoms with E-state index >= 15 is 0 Å². The van der Waals surface area contributed by atoms with Crippen LogP contribution in [-0.4, -0.2) is 54.7 Å². The van der Waals surface area contributed by atoms with E-state index in [-0.39, 0.29) is 5.41 Å². The zero-order valence-electron chi connectivity index (χ0n) is 10.7. The van der Waals surface area contributed by atoms with Crippen molar-refractivity contribution in [2.75, 3.05) is 32.8 Å². The number of ether oxygens (including phenoxy) is 1. The van der Waals surface area contributed by atoms with Crippen molar-refractivity contribution in [1.29, 1.82) is 0 Å². The van der Waals surface area contributed by atoms with Gasteiger partial charge in [0.2, 0.25) is 0 Å². The molecule has 1 atom stereocenters. The number of hydrogen-bond donors (Lipinski definition) is 1. The Labute approximate surface area is 103 Å². The summed E-state index contributed by atoms with van der Waals surface area (Å²) in [5.41, 5.74) is -0.834. The standard InChI is InChI=1S/C13H23NO3/c1-12(16)3-2-6-14(9-12)10-13(11-15)4-7-17-8-5-13/h11,16H,2-10H2,1H3. The molecule has 2 fully saturated rings. The van der Waals surface area contributed by atoms with Gasteiger partial charge in [-0.25, -0.2) is 0 Å². The number of carbonyl (C=O) groups excluding carboxylic acids is 1. The third-order valence-corrected chi connectivity index (χ3v) is 4.03. The number of aldehydes is 1. The Bertz CT molecular complexity index is 272. The van der Waals surface area contributed by atoms with Crippen molar-refractivity contribution in [2.24, 2.45) is 5.41 Å². The first-order valence-electron chi connectivity index (χ1n) is 6.54. The molecule has 1 N–H and O–H groups in total. The predicted molar refractivity (Wildman–Crippen MR) is 64.8 cm³/mol. The fourth-order valence-corrected chi connectivity index (χ4v) is 2.99. The van der Waals surface area contributed by atoms with Gasteiger partial charge in [-0.3, -0.25) is 4.90 Å². The average Bonchev–Trinajstić information content (AvgIpc) is 2.29. The van der Waals surface area contributed by atoms with E-state index in [1.165, 1.54) is 0 Å². The van der Waals surface area contributed by atoms with Crippen LogP contribution in [0.25, 0.3) is 0 Å². The lowest BCUT2D eigenvalue weighted by molar-refractivity contribution is -0.125. The van der Waals surface area contributed by atoms with Crippen LogP contribution in [0.2, 0.25) is 0 Å². The fourth-order valence-electron chi connectivity index (χ4n) is 2.99. The Morgan fingerprint density at radius 3 is 2.65 bits per heavy atom. The molecule has 2 heterocycles. The number of carbonyl (C=O) groups is 1. The van der Waals surface area contributed by atoms with Crippen LogP contribution < -0.4 is 0 Å². The zero-order valence-corrected chi connectivity index (χ0v) is 10.7. The van der Waals surface area contributed by atoms with Gasteiger partial charge in [-0.2, -0.15) is 0 Å². The van der Waals surface area contributed by atoms with E-state index in [1.54, 1.807) is 0 Å².